The van der Waals surface area contributed by atoms with Crippen molar-refractivity contribution < 1.29 is 4.74 Å². The highest BCUT2D eigenvalue weighted by Gasteiger charge is 2.14. The molecule has 1 aromatic carbocycles. The van der Waals surface area contributed by atoms with E-state index >= 15 is 0 Å². The van der Waals surface area contributed by atoms with Gasteiger partial charge in [0.25, 0.3) is 0 Å². The molecule has 2 nitrogen and oxygen atoms in total. The molecular weight excluding hydrogens is 198 g/mol. The van der Waals surface area contributed by atoms with Crippen molar-refractivity contribution in [2.45, 2.75) is 39.2 Å². The summed E-state index contributed by atoms with van der Waals surface area (Å²) in [6, 6.07) is 6.30. The minimum absolute atomic E-state index is 0.385. The summed E-state index contributed by atoms with van der Waals surface area (Å²) < 4.78 is 6.11. The summed E-state index contributed by atoms with van der Waals surface area (Å²) in [7, 11) is 0. The minimum atomic E-state index is 0.385. The van der Waals surface area contributed by atoms with Gasteiger partial charge >= 0.3 is 0 Å². The molecule has 2 heteroatoms. The Balaban J connectivity index is 2.04. The van der Waals surface area contributed by atoms with E-state index in [0.717, 1.165) is 25.3 Å². The van der Waals surface area contributed by atoms with E-state index < -0.39 is 0 Å². The van der Waals surface area contributed by atoms with Crippen molar-refractivity contribution in [3.8, 4) is 5.75 Å². The standard InChI is InChI=1S/C14H21NO/c1-11-5-3-7-14(12(11)2)16-13-6-4-9-15-10-8-13/h3,5,7,13,15H,4,6,8-10H2,1-2H3. The molecule has 1 aromatic rings. The van der Waals surface area contributed by atoms with Crippen LogP contribution >= 0.6 is 0 Å². The van der Waals surface area contributed by atoms with Gasteiger partial charge in [-0.3, -0.25) is 0 Å². The molecular formula is C14H21NO. The van der Waals surface area contributed by atoms with Crippen molar-refractivity contribution in [2.75, 3.05) is 13.1 Å². The van der Waals surface area contributed by atoms with Crippen LogP contribution in [0.25, 0.3) is 0 Å². The van der Waals surface area contributed by atoms with E-state index in [9.17, 15) is 0 Å². The summed E-state index contributed by atoms with van der Waals surface area (Å²) in [5, 5.41) is 3.41. The first-order valence-corrected chi connectivity index (χ1v) is 6.21. The first-order chi connectivity index (χ1) is 7.77. The molecule has 1 atom stereocenters. The van der Waals surface area contributed by atoms with Gasteiger partial charge in [0.1, 0.15) is 5.75 Å². The van der Waals surface area contributed by atoms with E-state index in [1.807, 2.05) is 0 Å². The molecule has 88 valence electrons. The zero-order valence-electron chi connectivity index (χ0n) is 10.3. The van der Waals surface area contributed by atoms with Gasteiger partial charge in [-0.1, -0.05) is 12.1 Å². The molecule has 16 heavy (non-hydrogen) atoms. The van der Waals surface area contributed by atoms with Gasteiger partial charge in [0, 0.05) is 0 Å². The largest absolute Gasteiger partial charge is 0.490 e. The molecule has 0 bridgehead atoms. The highest BCUT2D eigenvalue weighted by Crippen LogP contribution is 2.23. The lowest BCUT2D eigenvalue weighted by molar-refractivity contribution is 0.186. The van der Waals surface area contributed by atoms with Crippen LogP contribution in [0, 0.1) is 13.8 Å². The van der Waals surface area contributed by atoms with Gasteiger partial charge in [0.05, 0.1) is 6.10 Å². The number of benzene rings is 1. The lowest BCUT2D eigenvalue weighted by Gasteiger charge is -2.19. The molecule has 1 aliphatic heterocycles. The second kappa shape index (κ2) is 5.35. The Morgan fingerprint density at radius 2 is 2.06 bits per heavy atom. The molecule has 0 spiro atoms. The zero-order chi connectivity index (χ0) is 11.4. The van der Waals surface area contributed by atoms with Gasteiger partial charge in [0.2, 0.25) is 0 Å². The number of hydrogen-bond donors (Lipinski definition) is 1. The van der Waals surface area contributed by atoms with Gasteiger partial charge in [-0.15, -0.1) is 0 Å². The van der Waals surface area contributed by atoms with E-state index in [-0.39, 0.29) is 0 Å². The first-order valence-electron chi connectivity index (χ1n) is 6.21. The van der Waals surface area contributed by atoms with E-state index in [4.69, 9.17) is 4.74 Å². The topological polar surface area (TPSA) is 21.3 Å². The molecule has 1 fully saturated rings. The van der Waals surface area contributed by atoms with Crippen molar-refractivity contribution >= 4 is 0 Å². The molecule has 0 aliphatic carbocycles. The lowest BCUT2D eigenvalue weighted by atomic mass is 10.1. The van der Waals surface area contributed by atoms with Crippen LogP contribution in [0.2, 0.25) is 0 Å². The van der Waals surface area contributed by atoms with Gasteiger partial charge in [-0.25, -0.2) is 0 Å². The summed E-state index contributed by atoms with van der Waals surface area (Å²) in [4.78, 5) is 0. The van der Waals surface area contributed by atoms with Crippen molar-refractivity contribution in [3.63, 3.8) is 0 Å². The maximum Gasteiger partial charge on any atom is 0.122 e. The highest BCUT2D eigenvalue weighted by atomic mass is 16.5. The van der Waals surface area contributed by atoms with Crippen molar-refractivity contribution in [3.05, 3.63) is 29.3 Å². The summed E-state index contributed by atoms with van der Waals surface area (Å²) in [5.74, 6) is 1.06. The van der Waals surface area contributed by atoms with Crippen molar-refractivity contribution in [2.24, 2.45) is 0 Å². The Bertz CT molecular complexity index is 341. The molecule has 0 amide bonds. The second-order valence-electron chi connectivity index (χ2n) is 4.62. The monoisotopic (exact) mass is 219 g/mol. The lowest BCUT2D eigenvalue weighted by Crippen LogP contribution is -2.19. The predicted octanol–water partition coefficient (Wildman–Crippen LogP) is 2.82. The molecule has 2 rings (SSSR count). The van der Waals surface area contributed by atoms with Crippen molar-refractivity contribution in [1.29, 1.82) is 0 Å². The van der Waals surface area contributed by atoms with Gasteiger partial charge in [0.15, 0.2) is 0 Å². The third-order valence-electron chi connectivity index (χ3n) is 3.37. The number of hydrogen-bond acceptors (Lipinski definition) is 2. The third kappa shape index (κ3) is 2.76. The quantitative estimate of drug-likeness (QED) is 0.826. The van der Waals surface area contributed by atoms with Gasteiger partial charge < -0.3 is 10.1 Å². The number of nitrogens with one attached hydrogen (secondary N) is 1. The van der Waals surface area contributed by atoms with Gasteiger partial charge in [-0.05, 0) is 63.4 Å². The zero-order valence-corrected chi connectivity index (χ0v) is 10.3. The Kier molecular flexibility index (Phi) is 3.83. The van der Waals surface area contributed by atoms with Crippen LogP contribution in [0.1, 0.15) is 30.4 Å². The van der Waals surface area contributed by atoms with Crippen LogP contribution in [0.5, 0.6) is 5.75 Å². The summed E-state index contributed by atoms with van der Waals surface area (Å²) in [6.45, 7) is 6.48. The Morgan fingerprint density at radius 3 is 2.94 bits per heavy atom. The van der Waals surface area contributed by atoms with E-state index in [2.05, 4.69) is 37.4 Å². The molecule has 0 aromatic heterocycles. The molecule has 0 radical (unpaired) electrons. The maximum absolute atomic E-state index is 6.11. The fraction of sp³-hybridized carbons (Fsp3) is 0.571. The molecule has 1 saturated heterocycles. The Labute approximate surface area is 98.0 Å². The average Bonchev–Trinajstić information content (AvgIpc) is 2.53. The summed E-state index contributed by atoms with van der Waals surface area (Å²) in [6.07, 6.45) is 3.89. The number of rotatable bonds is 2. The average molecular weight is 219 g/mol. The molecule has 1 unspecified atom stereocenters. The van der Waals surface area contributed by atoms with Crippen LogP contribution in [0.4, 0.5) is 0 Å². The summed E-state index contributed by atoms with van der Waals surface area (Å²) in [5.41, 5.74) is 2.59. The second-order valence-corrected chi connectivity index (χ2v) is 4.62. The Morgan fingerprint density at radius 1 is 1.19 bits per heavy atom. The van der Waals surface area contributed by atoms with Crippen LogP contribution in [0.3, 0.4) is 0 Å². The van der Waals surface area contributed by atoms with E-state index in [1.165, 1.54) is 24.0 Å². The van der Waals surface area contributed by atoms with Crippen LogP contribution in [-0.4, -0.2) is 19.2 Å². The molecule has 1 N–H and O–H groups in total. The molecule has 1 aliphatic rings. The van der Waals surface area contributed by atoms with Crippen LogP contribution < -0.4 is 10.1 Å². The normalized spacial score (nSPS) is 21.5. The first kappa shape index (κ1) is 11.5. The van der Waals surface area contributed by atoms with Crippen LogP contribution in [0.15, 0.2) is 18.2 Å². The predicted molar refractivity (Wildman–Crippen MR) is 67.1 cm³/mol. The number of ether oxygens (including phenoxy) is 1. The fourth-order valence-electron chi connectivity index (χ4n) is 2.14. The van der Waals surface area contributed by atoms with Crippen LogP contribution in [-0.2, 0) is 0 Å². The van der Waals surface area contributed by atoms with Gasteiger partial charge in [-0.2, -0.15) is 0 Å². The Hall–Kier alpha value is -1.02. The fourth-order valence-corrected chi connectivity index (χ4v) is 2.14. The molecule has 1 heterocycles. The highest BCUT2D eigenvalue weighted by molar-refractivity contribution is 5.38. The number of aryl methyl sites for hydroxylation is 1. The third-order valence-corrected chi connectivity index (χ3v) is 3.37. The van der Waals surface area contributed by atoms with E-state index in [1.54, 1.807) is 0 Å². The van der Waals surface area contributed by atoms with E-state index in [0.29, 0.717) is 6.10 Å². The summed E-state index contributed by atoms with van der Waals surface area (Å²) >= 11 is 0. The maximum atomic E-state index is 6.11. The minimum Gasteiger partial charge on any atom is -0.490 e. The molecule has 0 saturated carbocycles. The SMILES string of the molecule is Cc1cccc(OC2CCCNCC2)c1C. The van der Waals surface area contributed by atoms with Crippen molar-refractivity contribution in [1.82, 2.24) is 5.32 Å². The smallest absolute Gasteiger partial charge is 0.122 e.